The molecular formula is C28H29ClN2O3. The van der Waals surface area contributed by atoms with Gasteiger partial charge < -0.3 is 15.0 Å². The van der Waals surface area contributed by atoms with Gasteiger partial charge in [0.2, 0.25) is 11.8 Å². The number of halogens is 1. The first-order valence-electron chi connectivity index (χ1n) is 11.6. The van der Waals surface area contributed by atoms with Crippen LogP contribution < -0.4 is 5.32 Å². The van der Waals surface area contributed by atoms with Crippen molar-refractivity contribution in [1.29, 1.82) is 0 Å². The summed E-state index contributed by atoms with van der Waals surface area (Å²) in [6, 6.07) is 25.6. The first-order chi connectivity index (χ1) is 16.6. The number of carbonyl (C=O) groups is 2. The van der Waals surface area contributed by atoms with E-state index in [-0.39, 0.29) is 30.9 Å². The number of nitrogens with zero attached hydrogens (tertiary/aromatic N) is 1. The summed E-state index contributed by atoms with van der Waals surface area (Å²) in [6.45, 7) is 1.44. The number of amides is 2. The molecule has 3 aromatic rings. The molecule has 1 N–H and O–H groups in total. The molecule has 0 unspecified atom stereocenters. The van der Waals surface area contributed by atoms with Gasteiger partial charge in [-0.3, -0.25) is 9.59 Å². The molecule has 1 aliphatic heterocycles. The largest absolute Gasteiger partial charge is 0.376 e. The zero-order valence-corrected chi connectivity index (χ0v) is 19.8. The van der Waals surface area contributed by atoms with Gasteiger partial charge in [-0.25, -0.2) is 0 Å². The van der Waals surface area contributed by atoms with Crippen LogP contribution in [0.25, 0.3) is 0 Å². The number of benzene rings is 3. The molecule has 2 amide bonds. The highest BCUT2D eigenvalue weighted by Gasteiger charge is 2.32. The average molecular weight is 477 g/mol. The van der Waals surface area contributed by atoms with Gasteiger partial charge in [0.15, 0.2) is 0 Å². The Morgan fingerprint density at radius 2 is 1.62 bits per heavy atom. The summed E-state index contributed by atoms with van der Waals surface area (Å²) in [5.41, 5.74) is 2.57. The predicted molar refractivity (Wildman–Crippen MR) is 133 cm³/mol. The van der Waals surface area contributed by atoms with E-state index in [0.717, 1.165) is 36.1 Å². The first-order valence-corrected chi connectivity index (χ1v) is 12.0. The van der Waals surface area contributed by atoms with E-state index < -0.39 is 6.04 Å². The lowest BCUT2D eigenvalue weighted by atomic mass is 10.0. The maximum atomic E-state index is 13.7. The summed E-state index contributed by atoms with van der Waals surface area (Å²) < 4.78 is 5.67. The summed E-state index contributed by atoms with van der Waals surface area (Å²) in [4.78, 5) is 28.9. The van der Waals surface area contributed by atoms with Gasteiger partial charge in [0.1, 0.15) is 6.04 Å². The third-order valence-corrected chi connectivity index (χ3v) is 6.24. The Balaban J connectivity index is 1.64. The van der Waals surface area contributed by atoms with Crippen LogP contribution in [0.3, 0.4) is 0 Å². The minimum absolute atomic E-state index is 0.0186. The highest BCUT2D eigenvalue weighted by atomic mass is 35.5. The van der Waals surface area contributed by atoms with E-state index in [1.54, 1.807) is 17.0 Å². The summed E-state index contributed by atoms with van der Waals surface area (Å²) >= 11 is 6.07. The molecule has 1 saturated heterocycles. The van der Waals surface area contributed by atoms with Crippen molar-refractivity contribution >= 4 is 23.4 Å². The zero-order chi connectivity index (χ0) is 23.8. The Hall–Kier alpha value is -3.15. The number of hydrogen-bond acceptors (Lipinski definition) is 3. The van der Waals surface area contributed by atoms with Crippen LogP contribution in [-0.2, 0) is 27.3 Å². The molecule has 1 heterocycles. The van der Waals surface area contributed by atoms with Gasteiger partial charge in [-0.2, -0.15) is 0 Å². The van der Waals surface area contributed by atoms with Gasteiger partial charge in [0, 0.05) is 24.7 Å². The normalized spacial score (nSPS) is 16.1. The Morgan fingerprint density at radius 3 is 2.26 bits per heavy atom. The van der Waals surface area contributed by atoms with Crippen molar-refractivity contribution in [3.05, 3.63) is 107 Å². The van der Waals surface area contributed by atoms with Crippen molar-refractivity contribution in [2.24, 2.45) is 0 Å². The smallest absolute Gasteiger partial charge is 0.247 e. The van der Waals surface area contributed by atoms with Crippen molar-refractivity contribution in [3.63, 3.8) is 0 Å². The number of ether oxygens (including phenoxy) is 1. The maximum absolute atomic E-state index is 13.7. The van der Waals surface area contributed by atoms with E-state index in [9.17, 15) is 9.59 Å². The van der Waals surface area contributed by atoms with E-state index in [1.807, 2.05) is 72.8 Å². The lowest BCUT2D eigenvalue weighted by molar-refractivity contribution is -0.141. The molecule has 3 aromatic carbocycles. The molecule has 34 heavy (non-hydrogen) atoms. The van der Waals surface area contributed by atoms with Crippen molar-refractivity contribution in [2.75, 3.05) is 13.2 Å². The maximum Gasteiger partial charge on any atom is 0.247 e. The summed E-state index contributed by atoms with van der Waals surface area (Å²) in [5.74, 6) is -0.334. The molecule has 2 atom stereocenters. The zero-order valence-electron chi connectivity index (χ0n) is 19.0. The van der Waals surface area contributed by atoms with Crippen LogP contribution in [0.1, 0.15) is 35.6 Å². The quantitative estimate of drug-likeness (QED) is 0.475. The van der Waals surface area contributed by atoms with Crippen molar-refractivity contribution in [3.8, 4) is 0 Å². The molecule has 1 fully saturated rings. The van der Waals surface area contributed by atoms with Gasteiger partial charge in [-0.05, 0) is 41.7 Å². The molecule has 4 rings (SSSR count). The third kappa shape index (κ3) is 6.46. The Kier molecular flexibility index (Phi) is 8.34. The Bertz CT molecular complexity index is 1070. The third-order valence-electron chi connectivity index (χ3n) is 5.99. The average Bonchev–Trinajstić information content (AvgIpc) is 3.39. The summed E-state index contributed by atoms with van der Waals surface area (Å²) in [5, 5.41) is 3.66. The Morgan fingerprint density at radius 1 is 0.941 bits per heavy atom. The highest BCUT2D eigenvalue weighted by Crippen LogP contribution is 2.26. The molecule has 0 aliphatic carbocycles. The van der Waals surface area contributed by atoms with Crippen molar-refractivity contribution < 1.29 is 14.3 Å². The fraction of sp³-hybridized carbons (Fsp3) is 0.286. The molecule has 176 valence electrons. The molecule has 0 radical (unpaired) electrons. The number of rotatable bonds is 9. The van der Waals surface area contributed by atoms with Crippen molar-refractivity contribution in [2.45, 2.75) is 38.0 Å². The second kappa shape index (κ2) is 11.8. The van der Waals surface area contributed by atoms with E-state index in [0.29, 0.717) is 11.6 Å². The van der Waals surface area contributed by atoms with Crippen LogP contribution in [0.5, 0.6) is 0 Å². The molecule has 0 bridgehead atoms. The van der Waals surface area contributed by atoms with E-state index in [1.165, 1.54) is 0 Å². The summed E-state index contributed by atoms with van der Waals surface area (Å²) in [6.07, 6.45) is 2.15. The van der Waals surface area contributed by atoms with E-state index in [4.69, 9.17) is 16.3 Å². The van der Waals surface area contributed by atoms with Crippen LogP contribution in [0.4, 0.5) is 0 Å². The number of nitrogens with one attached hydrogen (secondary N) is 1. The SMILES string of the molecule is O=C(NC[C@@H]1CCCO1)[C@@H](c1ccccc1)N(Cc1ccc(Cl)cc1)C(=O)Cc1ccccc1. The Labute approximate surface area is 205 Å². The predicted octanol–water partition coefficient (Wildman–Crippen LogP) is 4.95. The standard InChI is InChI=1S/C28H29ClN2O3/c29-24-15-13-22(14-16-24)20-31(26(32)18-21-8-3-1-4-9-21)27(23-10-5-2-6-11-23)28(33)30-19-25-12-7-17-34-25/h1-6,8-11,13-16,25,27H,7,12,17-20H2,(H,30,33)/t25-,27+/m0/s1. The summed E-state index contributed by atoms with van der Waals surface area (Å²) in [7, 11) is 0. The number of carbonyl (C=O) groups excluding carboxylic acids is 2. The lowest BCUT2D eigenvalue weighted by Crippen LogP contribution is -2.45. The first kappa shape index (κ1) is 24.0. The fourth-order valence-electron chi connectivity index (χ4n) is 4.21. The van der Waals surface area contributed by atoms with Gasteiger partial charge in [0.25, 0.3) is 0 Å². The molecule has 5 nitrogen and oxygen atoms in total. The number of hydrogen-bond donors (Lipinski definition) is 1. The molecular weight excluding hydrogens is 448 g/mol. The van der Waals surface area contributed by atoms with Gasteiger partial charge in [-0.15, -0.1) is 0 Å². The van der Waals surface area contributed by atoms with Crippen LogP contribution in [0.15, 0.2) is 84.9 Å². The monoisotopic (exact) mass is 476 g/mol. The molecule has 0 saturated carbocycles. The molecule has 1 aliphatic rings. The second-order valence-electron chi connectivity index (χ2n) is 8.50. The van der Waals surface area contributed by atoms with Crippen LogP contribution in [0, 0.1) is 0 Å². The molecule has 6 heteroatoms. The minimum Gasteiger partial charge on any atom is -0.376 e. The van der Waals surface area contributed by atoms with Gasteiger partial charge in [-0.1, -0.05) is 84.4 Å². The second-order valence-corrected chi connectivity index (χ2v) is 8.94. The fourth-order valence-corrected chi connectivity index (χ4v) is 4.33. The topological polar surface area (TPSA) is 58.6 Å². The molecule has 0 aromatic heterocycles. The van der Waals surface area contributed by atoms with Crippen LogP contribution >= 0.6 is 11.6 Å². The van der Waals surface area contributed by atoms with E-state index in [2.05, 4.69) is 5.32 Å². The van der Waals surface area contributed by atoms with Crippen LogP contribution in [-0.4, -0.2) is 36.0 Å². The molecule has 0 spiro atoms. The van der Waals surface area contributed by atoms with Gasteiger partial charge in [0.05, 0.1) is 12.5 Å². The van der Waals surface area contributed by atoms with E-state index >= 15 is 0 Å². The van der Waals surface area contributed by atoms with Crippen molar-refractivity contribution in [1.82, 2.24) is 10.2 Å². The highest BCUT2D eigenvalue weighted by molar-refractivity contribution is 6.30. The lowest BCUT2D eigenvalue weighted by Gasteiger charge is -2.32. The van der Waals surface area contributed by atoms with Gasteiger partial charge >= 0.3 is 0 Å². The van der Waals surface area contributed by atoms with Crippen LogP contribution in [0.2, 0.25) is 5.02 Å². The minimum atomic E-state index is -0.769.